The van der Waals surface area contributed by atoms with Crippen molar-refractivity contribution >= 4 is 17.7 Å². The van der Waals surface area contributed by atoms with Gasteiger partial charge in [-0.25, -0.2) is 0 Å². The molecule has 0 saturated heterocycles. The smallest absolute Gasteiger partial charge is 0.226 e. The Kier molecular flexibility index (Phi) is 5.42. The number of nitrogens with zero attached hydrogens (tertiary/aromatic N) is 3. The Bertz CT molecular complexity index is 717. The molecule has 0 aliphatic heterocycles. The van der Waals surface area contributed by atoms with E-state index in [1.165, 1.54) is 51.4 Å². The van der Waals surface area contributed by atoms with Gasteiger partial charge in [-0.1, -0.05) is 44.9 Å². The van der Waals surface area contributed by atoms with Crippen LogP contribution >= 0.6 is 11.8 Å². The average molecular weight is 417 g/mol. The highest BCUT2D eigenvalue weighted by Crippen LogP contribution is 2.60. The summed E-state index contributed by atoms with van der Waals surface area (Å²) in [6, 6.07) is 0.492. The first kappa shape index (κ1) is 19.9. The molecule has 0 spiro atoms. The van der Waals surface area contributed by atoms with Crippen LogP contribution in [0, 0.1) is 23.2 Å². The van der Waals surface area contributed by atoms with E-state index in [9.17, 15) is 4.79 Å². The van der Waals surface area contributed by atoms with E-state index in [0.717, 1.165) is 48.0 Å². The van der Waals surface area contributed by atoms with E-state index in [2.05, 4.69) is 33.9 Å². The summed E-state index contributed by atoms with van der Waals surface area (Å²) in [5, 5.41) is 13.9. The number of aromatic nitrogens is 3. The van der Waals surface area contributed by atoms with Gasteiger partial charge in [0, 0.05) is 16.7 Å². The van der Waals surface area contributed by atoms with E-state index in [0.29, 0.717) is 23.7 Å². The molecule has 6 rings (SSSR count). The lowest BCUT2D eigenvalue weighted by Gasteiger charge is -2.55. The lowest BCUT2D eigenvalue weighted by molar-refractivity contribution is -0.146. The molecule has 160 valence electrons. The van der Waals surface area contributed by atoms with Gasteiger partial charge in [0.2, 0.25) is 5.91 Å². The van der Waals surface area contributed by atoms with Crippen LogP contribution in [-0.4, -0.2) is 25.9 Å². The van der Waals surface area contributed by atoms with Gasteiger partial charge in [0.15, 0.2) is 11.0 Å². The van der Waals surface area contributed by atoms with E-state index in [1.54, 1.807) is 11.8 Å². The van der Waals surface area contributed by atoms with Crippen LogP contribution in [0.2, 0.25) is 0 Å². The molecule has 4 bridgehead atoms. The van der Waals surface area contributed by atoms with Crippen molar-refractivity contribution in [3.63, 3.8) is 0 Å². The van der Waals surface area contributed by atoms with Gasteiger partial charge in [0.05, 0.1) is 6.54 Å². The summed E-state index contributed by atoms with van der Waals surface area (Å²) in [5.41, 5.74) is -0.0834. The molecule has 0 unspecified atom stereocenters. The van der Waals surface area contributed by atoms with Crippen LogP contribution in [0.5, 0.6) is 0 Å². The van der Waals surface area contributed by atoms with Gasteiger partial charge in [-0.15, -0.1) is 10.2 Å². The number of rotatable bonds is 6. The molecule has 1 amide bonds. The van der Waals surface area contributed by atoms with E-state index in [1.807, 2.05) is 0 Å². The Morgan fingerprint density at radius 1 is 1.07 bits per heavy atom. The second-order valence-electron chi connectivity index (χ2n) is 10.6. The Labute approximate surface area is 179 Å². The topological polar surface area (TPSA) is 59.8 Å². The fourth-order valence-corrected chi connectivity index (χ4v) is 8.04. The van der Waals surface area contributed by atoms with Gasteiger partial charge < -0.3 is 9.88 Å². The molecule has 1 aromatic rings. The maximum Gasteiger partial charge on any atom is 0.226 e. The zero-order valence-electron chi connectivity index (χ0n) is 18.0. The second kappa shape index (κ2) is 7.90. The molecule has 0 aromatic carbocycles. The van der Waals surface area contributed by atoms with Crippen LogP contribution in [0.4, 0.5) is 0 Å². The second-order valence-corrected chi connectivity index (χ2v) is 12.2. The van der Waals surface area contributed by atoms with E-state index in [4.69, 9.17) is 0 Å². The number of amides is 1. The molecule has 0 radical (unpaired) electrons. The normalized spacial score (nSPS) is 34.1. The summed E-state index contributed by atoms with van der Waals surface area (Å²) >= 11 is 1.80. The van der Waals surface area contributed by atoms with Crippen molar-refractivity contribution in [2.45, 2.75) is 107 Å². The first-order valence-corrected chi connectivity index (χ1v) is 12.8. The summed E-state index contributed by atoms with van der Waals surface area (Å²) in [5.74, 6) is 3.65. The van der Waals surface area contributed by atoms with E-state index in [-0.39, 0.29) is 5.41 Å². The summed E-state index contributed by atoms with van der Waals surface area (Å²) in [4.78, 5) is 13.4. The monoisotopic (exact) mass is 416 g/mol. The summed E-state index contributed by atoms with van der Waals surface area (Å²) in [7, 11) is 0. The van der Waals surface area contributed by atoms with E-state index >= 15 is 0 Å². The fourth-order valence-electron chi connectivity index (χ4n) is 7.16. The molecule has 5 saturated carbocycles. The quantitative estimate of drug-likeness (QED) is 0.654. The highest BCUT2D eigenvalue weighted by atomic mass is 32.2. The zero-order chi connectivity index (χ0) is 20.0. The van der Waals surface area contributed by atoms with Gasteiger partial charge in [0.25, 0.3) is 0 Å². The summed E-state index contributed by atoms with van der Waals surface area (Å²) in [6.45, 7) is 4.95. The van der Waals surface area contributed by atoms with Crippen molar-refractivity contribution in [2.75, 3.05) is 0 Å². The molecule has 5 nitrogen and oxygen atoms in total. The van der Waals surface area contributed by atoms with Gasteiger partial charge in [-0.05, 0) is 69.1 Å². The lowest BCUT2D eigenvalue weighted by Crippen LogP contribution is -2.53. The van der Waals surface area contributed by atoms with Gasteiger partial charge >= 0.3 is 0 Å². The highest BCUT2D eigenvalue weighted by molar-refractivity contribution is 7.99. The van der Waals surface area contributed by atoms with Gasteiger partial charge in [-0.3, -0.25) is 4.79 Å². The standard InChI is InChI=1S/C23H36N4OS/c1-15(2)29-22-26-25-20(27(22)19-6-4-3-5-7-19)14-24-21(28)23-11-16-8-17(12-23)10-18(9-16)13-23/h15-19H,3-14H2,1-2H3,(H,24,28). The lowest BCUT2D eigenvalue weighted by atomic mass is 9.49. The molecule has 6 heteroatoms. The highest BCUT2D eigenvalue weighted by Gasteiger charge is 2.54. The maximum atomic E-state index is 13.4. The van der Waals surface area contributed by atoms with Crippen molar-refractivity contribution in [1.29, 1.82) is 0 Å². The van der Waals surface area contributed by atoms with Crippen LogP contribution in [0.1, 0.15) is 96.3 Å². The Balaban J connectivity index is 1.31. The minimum atomic E-state index is -0.0834. The Hall–Kier alpha value is -1.04. The van der Waals surface area contributed by atoms with Crippen LogP contribution in [0.25, 0.3) is 0 Å². The van der Waals surface area contributed by atoms with Crippen LogP contribution in [0.15, 0.2) is 5.16 Å². The maximum absolute atomic E-state index is 13.4. The SMILES string of the molecule is CC(C)Sc1nnc(CNC(=O)C23CC4CC(CC(C4)C2)C3)n1C1CCCCC1. The fraction of sp³-hybridized carbons (Fsp3) is 0.870. The molecule has 5 fully saturated rings. The third kappa shape index (κ3) is 3.86. The number of hydrogen-bond acceptors (Lipinski definition) is 4. The summed E-state index contributed by atoms with van der Waals surface area (Å²) in [6.07, 6.45) is 13.8. The molecular formula is C23H36N4OS. The largest absolute Gasteiger partial charge is 0.348 e. The number of carbonyl (C=O) groups is 1. The predicted molar refractivity (Wildman–Crippen MR) is 116 cm³/mol. The average Bonchev–Trinajstić information content (AvgIpc) is 3.07. The van der Waals surface area contributed by atoms with Crippen molar-refractivity contribution in [3.05, 3.63) is 5.82 Å². The first-order valence-electron chi connectivity index (χ1n) is 11.9. The third-order valence-corrected chi connectivity index (χ3v) is 8.90. The van der Waals surface area contributed by atoms with E-state index < -0.39 is 0 Å². The molecule has 5 aliphatic carbocycles. The number of carbonyl (C=O) groups excluding carboxylic acids is 1. The van der Waals surface area contributed by atoms with Crippen molar-refractivity contribution in [2.24, 2.45) is 23.2 Å². The minimum absolute atomic E-state index is 0.0834. The first-order chi connectivity index (χ1) is 14.0. The number of thioether (sulfide) groups is 1. The molecule has 5 aliphatic rings. The van der Waals surface area contributed by atoms with Crippen molar-refractivity contribution in [1.82, 2.24) is 20.1 Å². The molecule has 29 heavy (non-hydrogen) atoms. The van der Waals surface area contributed by atoms with Gasteiger partial charge in [0.1, 0.15) is 0 Å². The van der Waals surface area contributed by atoms with Crippen LogP contribution in [0.3, 0.4) is 0 Å². The molecule has 1 heterocycles. The molecular weight excluding hydrogens is 380 g/mol. The molecule has 1 N–H and O–H groups in total. The number of hydrogen-bond donors (Lipinski definition) is 1. The summed E-state index contributed by atoms with van der Waals surface area (Å²) < 4.78 is 2.36. The molecule has 1 aromatic heterocycles. The van der Waals surface area contributed by atoms with Crippen molar-refractivity contribution in [3.8, 4) is 0 Å². The zero-order valence-corrected chi connectivity index (χ0v) is 18.8. The van der Waals surface area contributed by atoms with Crippen molar-refractivity contribution < 1.29 is 4.79 Å². The Morgan fingerprint density at radius 3 is 2.28 bits per heavy atom. The molecule has 0 atom stereocenters. The van der Waals surface area contributed by atoms with Crippen LogP contribution in [-0.2, 0) is 11.3 Å². The predicted octanol–water partition coefficient (Wildman–Crippen LogP) is 5.12. The van der Waals surface area contributed by atoms with Gasteiger partial charge in [-0.2, -0.15) is 0 Å². The minimum Gasteiger partial charge on any atom is -0.348 e. The number of nitrogens with one attached hydrogen (secondary N) is 1. The Morgan fingerprint density at radius 2 is 1.69 bits per heavy atom. The third-order valence-electron chi connectivity index (χ3n) is 7.94. The van der Waals surface area contributed by atoms with Crippen LogP contribution < -0.4 is 5.32 Å².